The summed E-state index contributed by atoms with van der Waals surface area (Å²) in [6, 6.07) is 28.4. The van der Waals surface area contributed by atoms with Crippen molar-refractivity contribution in [2.45, 2.75) is 66.1 Å². The normalized spacial score (nSPS) is 16.5. The number of halogens is 1. The van der Waals surface area contributed by atoms with Gasteiger partial charge in [-0.2, -0.15) is 5.10 Å². The number of rotatable bonds is 17. The van der Waals surface area contributed by atoms with Crippen LogP contribution in [0.4, 0.5) is 16.3 Å². The molecular formula is C48H64FN13. The minimum Gasteiger partial charge on any atom is -0.354 e. The van der Waals surface area contributed by atoms with Gasteiger partial charge in [0.05, 0.1) is 11.4 Å². The molecule has 0 spiro atoms. The van der Waals surface area contributed by atoms with E-state index in [0.717, 1.165) is 105 Å². The number of hydrogen-bond donors (Lipinski definition) is 5. The fraction of sp³-hybridized carbons (Fsp3) is 0.417. The maximum absolute atomic E-state index is 13.4. The lowest BCUT2D eigenvalue weighted by Crippen LogP contribution is -2.49. The molecular weight excluding hydrogens is 778 g/mol. The SMILES string of the molecule is C.CCN(Cc1cccc(-c2ccnc(NCCc3cccc(F)c3)n2)c1)C[C@H]1CCCNC1.C[C@H]1CNCCN1Cc1cccc(-c2ccnc(NCCc3ncn[nH]3)n2)c1. The van der Waals surface area contributed by atoms with E-state index in [1.807, 2.05) is 18.2 Å². The Labute approximate surface area is 366 Å². The lowest BCUT2D eigenvalue weighted by Gasteiger charge is -2.33. The highest BCUT2D eigenvalue weighted by atomic mass is 19.1. The van der Waals surface area contributed by atoms with Gasteiger partial charge in [-0.05, 0) is 105 Å². The molecule has 5 N–H and O–H groups in total. The fourth-order valence-corrected chi connectivity index (χ4v) is 7.88. The quantitative estimate of drug-likeness (QED) is 0.0638. The van der Waals surface area contributed by atoms with E-state index < -0.39 is 0 Å². The van der Waals surface area contributed by atoms with Crippen LogP contribution in [0.15, 0.2) is 104 Å². The third-order valence-corrected chi connectivity index (χ3v) is 11.2. The van der Waals surface area contributed by atoms with Crippen LogP contribution in [0.1, 0.15) is 56.6 Å². The van der Waals surface area contributed by atoms with Gasteiger partial charge in [0.15, 0.2) is 0 Å². The summed E-state index contributed by atoms with van der Waals surface area (Å²) in [6.07, 6.45) is 9.15. The van der Waals surface area contributed by atoms with Gasteiger partial charge in [-0.15, -0.1) is 0 Å². The number of piperazine rings is 1. The van der Waals surface area contributed by atoms with Gasteiger partial charge in [0.25, 0.3) is 0 Å². The largest absolute Gasteiger partial charge is 0.354 e. The van der Waals surface area contributed by atoms with Crippen molar-refractivity contribution >= 4 is 11.9 Å². The van der Waals surface area contributed by atoms with Gasteiger partial charge in [-0.25, -0.2) is 29.3 Å². The van der Waals surface area contributed by atoms with Crippen LogP contribution in [0.3, 0.4) is 0 Å². The number of nitrogens with one attached hydrogen (secondary N) is 5. The highest BCUT2D eigenvalue weighted by molar-refractivity contribution is 5.62. The van der Waals surface area contributed by atoms with Crippen LogP contribution in [0, 0.1) is 11.7 Å². The molecule has 6 aromatic rings. The number of hydrogen-bond acceptors (Lipinski definition) is 12. The van der Waals surface area contributed by atoms with Crippen LogP contribution < -0.4 is 21.3 Å². The Morgan fingerprint density at radius 3 is 2.11 bits per heavy atom. The molecule has 5 heterocycles. The molecule has 2 atom stereocenters. The fourth-order valence-electron chi connectivity index (χ4n) is 7.88. The average molecular weight is 842 g/mol. The number of anilines is 2. The molecule has 2 aliphatic rings. The summed E-state index contributed by atoms with van der Waals surface area (Å²) in [6.45, 7) is 15.4. The maximum atomic E-state index is 13.4. The van der Waals surface area contributed by atoms with E-state index in [2.05, 4.69) is 124 Å². The molecule has 8 rings (SSSR count). The number of piperidine rings is 1. The van der Waals surface area contributed by atoms with Gasteiger partial charge in [0, 0.05) is 88.3 Å². The van der Waals surface area contributed by atoms with E-state index in [-0.39, 0.29) is 13.2 Å². The minimum atomic E-state index is -0.206. The third kappa shape index (κ3) is 14.2. The lowest BCUT2D eigenvalue weighted by molar-refractivity contribution is 0.165. The second-order valence-electron chi connectivity index (χ2n) is 15.9. The van der Waals surface area contributed by atoms with Crippen molar-refractivity contribution in [1.29, 1.82) is 0 Å². The van der Waals surface area contributed by atoms with Crippen LogP contribution in [-0.2, 0) is 25.9 Å². The second-order valence-corrected chi connectivity index (χ2v) is 15.9. The van der Waals surface area contributed by atoms with Crippen molar-refractivity contribution < 1.29 is 4.39 Å². The van der Waals surface area contributed by atoms with Gasteiger partial charge >= 0.3 is 0 Å². The van der Waals surface area contributed by atoms with Crippen molar-refractivity contribution in [3.05, 3.63) is 132 Å². The van der Waals surface area contributed by atoms with Crippen molar-refractivity contribution in [1.82, 2.24) is 55.6 Å². The van der Waals surface area contributed by atoms with Gasteiger partial charge in [-0.1, -0.05) is 62.9 Å². The van der Waals surface area contributed by atoms with Crippen LogP contribution in [-0.4, -0.2) is 110 Å². The van der Waals surface area contributed by atoms with Crippen molar-refractivity contribution in [3.8, 4) is 22.5 Å². The highest BCUT2D eigenvalue weighted by Crippen LogP contribution is 2.23. The summed E-state index contributed by atoms with van der Waals surface area (Å²) >= 11 is 0. The van der Waals surface area contributed by atoms with E-state index in [9.17, 15) is 4.39 Å². The van der Waals surface area contributed by atoms with Gasteiger partial charge < -0.3 is 21.3 Å². The van der Waals surface area contributed by atoms with E-state index in [1.165, 1.54) is 36.4 Å². The third-order valence-electron chi connectivity index (χ3n) is 11.2. The van der Waals surface area contributed by atoms with Crippen molar-refractivity contribution in [2.24, 2.45) is 5.92 Å². The molecule has 62 heavy (non-hydrogen) atoms. The summed E-state index contributed by atoms with van der Waals surface area (Å²) in [5.74, 6) is 2.60. The van der Waals surface area contributed by atoms with Gasteiger partial charge in [-0.3, -0.25) is 14.9 Å². The number of benzene rings is 3. The molecule has 2 aliphatic heterocycles. The van der Waals surface area contributed by atoms with E-state index in [0.29, 0.717) is 37.4 Å². The topological polar surface area (TPSA) is 148 Å². The number of aromatic amines is 1. The van der Waals surface area contributed by atoms with Crippen LogP contribution in [0.2, 0.25) is 0 Å². The lowest BCUT2D eigenvalue weighted by atomic mass is 9.98. The molecule has 328 valence electrons. The molecule has 2 fully saturated rings. The molecule has 0 radical (unpaired) electrons. The Hall–Kier alpha value is -5.67. The van der Waals surface area contributed by atoms with Crippen LogP contribution >= 0.6 is 0 Å². The first-order chi connectivity index (χ1) is 30.0. The van der Waals surface area contributed by atoms with Crippen LogP contribution in [0.25, 0.3) is 22.5 Å². The molecule has 0 amide bonds. The summed E-state index contributed by atoms with van der Waals surface area (Å²) < 4.78 is 13.4. The molecule has 13 nitrogen and oxygen atoms in total. The Kier molecular flexibility index (Phi) is 17.8. The van der Waals surface area contributed by atoms with Crippen molar-refractivity contribution in [3.63, 3.8) is 0 Å². The number of H-pyrrole nitrogens is 1. The monoisotopic (exact) mass is 842 g/mol. The Balaban J connectivity index is 0.000000206. The zero-order valence-corrected chi connectivity index (χ0v) is 35.5. The molecule has 0 bridgehead atoms. The zero-order valence-electron chi connectivity index (χ0n) is 35.5. The summed E-state index contributed by atoms with van der Waals surface area (Å²) in [5, 5.41) is 20.2. The Morgan fingerprint density at radius 1 is 0.774 bits per heavy atom. The second kappa shape index (κ2) is 24.1. The zero-order chi connectivity index (χ0) is 42.1. The van der Waals surface area contributed by atoms with Crippen molar-refractivity contribution in [2.75, 3.05) is 69.5 Å². The average Bonchev–Trinajstić information content (AvgIpc) is 3.82. The van der Waals surface area contributed by atoms with Gasteiger partial charge in [0.2, 0.25) is 11.9 Å². The molecule has 2 saturated heterocycles. The predicted octanol–water partition coefficient (Wildman–Crippen LogP) is 7.10. The molecule has 0 aliphatic carbocycles. The molecule has 3 aromatic heterocycles. The highest BCUT2D eigenvalue weighted by Gasteiger charge is 2.19. The molecule has 0 unspecified atom stereocenters. The number of aromatic nitrogens is 7. The molecule has 3 aromatic carbocycles. The summed E-state index contributed by atoms with van der Waals surface area (Å²) in [4.78, 5) is 27.2. The first-order valence-corrected chi connectivity index (χ1v) is 21.8. The van der Waals surface area contributed by atoms with Crippen LogP contribution in [0.5, 0.6) is 0 Å². The first-order valence-electron chi connectivity index (χ1n) is 21.8. The number of nitrogens with zero attached hydrogens (tertiary/aromatic N) is 8. The smallest absolute Gasteiger partial charge is 0.223 e. The standard InChI is InChI=1S/C27H34FN5.C20H26N8.CH4/c1-2-33(20-23-8-5-13-29-18-23)19-22-7-3-9-24(16-22)26-12-15-31-27(32-26)30-14-11-21-6-4-10-25(28)17-21;1-15-12-21-9-10-28(15)13-16-3-2-4-17(11-16)18-5-7-22-20(26-18)23-8-6-19-24-14-25-27-19;/h3-4,6-7,9-10,12,15-17,23,29H,2,5,8,11,13-14,18-20H2,1H3,(H,30,31,32);2-5,7,11,14-15,21H,6,8-10,12-13H2,1H3,(H,22,23,26)(H,24,25,27);1H4/t23-;15-;/m00./s1. The van der Waals surface area contributed by atoms with Gasteiger partial charge in [0.1, 0.15) is 18.0 Å². The Bertz CT molecular complexity index is 2210. The molecule has 14 heteroatoms. The molecule has 0 saturated carbocycles. The van der Waals surface area contributed by atoms with E-state index in [1.54, 1.807) is 24.5 Å². The first kappa shape index (κ1) is 45.8. The maximum Gasteiger partial charge on any atom is 0.223 e. The summed E-state index contributed by atoms with van der Waals surface area (Å²) in [7, 11) is 0. The minimum absolute atomic E-state index is 0. The Morgan fingerprint density at radius 2 is 1.45 bits per heavy atom. The van der Waals surface area contributed by atoms with E-state index >= 15 is 0 Å². The van der Waals surface area contributed by atoms with E-state index in [4.69, 9.17) is 4.98 Å². The summed E-state index contributed by atoms with van der Waals surface area (Å²) in [5.41, 5.74) is 7.60. The predicted molar refractivity (Wildman–Crippen MR) is 248 cm³/mol.